The molecular weight excluding hydrogens is 381 g/mol. The third-order valence-corrected chi connectivity index (χ3v) is 6.80. The van der Waals surface area contributed by atoms with E-state index in [0.717, 1.165) is 29.9 Å². The van der Waals surface area contributed by atoms with E-state index >= 15 is 0 Å². The quantitative estimate of drug-likeness (QED) is 0.476. The van der Waals surface area contributed by atoms with E-state index in [9.17, 15) is 13.2 Å². The summed E-state index contributed by atoms with van der Waals surface area (Å²) in [5.74, 6) is 0.990. The van der Waals surface area contributed by atoms with Crippen LogP contribution in [0.25, 0.3) is 16.7 Å². The maximum Gasteiger partial charge on any atom is 0.161 e. The fourth-order valence-corrected chi connectivity index (χ4v) is 4.75. The third-order valence-electron chi connectivity index (χ3n) is 6.80. The van der Waals surface area contributed by atoms with Gasteiger partial charge in [-0.15, -0.1) is 0 Å². The van der Waals surface area contributed by atoms with E-state index < -0.39 is 12.3 Å². The Hall–Kier alpha value is -2.29. The molecule has 1 saturated carbocycles. The van der Waals surface area contributed by atoms with E-state index in [-0.39, 0.29) is 5.82 Å². The van der Waals surface area contributed by atoms with Gasteiger partial charge in [0, 0.05) is 5.56 Å². The zero-order valence-electron chi connectivity index (χ0n) is 17.7. The Morgan fingerprint density at radius 3 is 2.13 bits per heavy atom. The molecule has 0 aromatic heterocycles. The molecule has 0 N–H and O–H groups in total. The Bertz CT molecular complexity index is 947. The highest BCUT2D eigenvalue weighted by Gasteiger charge is 2.30. The first-order chi connectivity index (χ1) is 14.5. The molecule has 0 nitrogen and oxygen atoms in total. The molecule has 1 fully saturated rings. The van der Waals surface area contributed by atoms with Crippen molar-refractivity contribution in [1.29, 1.82) is 0 Å². The van der Waals surface area contributed by atoms with Crippen LogP contribution in [0.1, 0.15) is 63.0 Å². The smallest absolute Gasteiger partial charge is 0.161 e. The zero-order valence-corrected chi connectivity index (χ0v) is 17.7. The molecule has 2 aromatic rings. The fraction of sp³-hybridized carbons (Fsp3) is 0.407. The van der Waals surface area contributed by atoms with Gasteiger partial charge >= 0.3 is 0 Å². The van der Waals surface area contributed by atoms with Crippen LogP contribution in [0.5, 0.6) is 0 Å². The lowest BCUT2D eigenvalue weighted by atomic mass is 9.79. The lowest BCUT2D eigenvalue weighted by molar-refractivity contribution is 0.239. The van der Waals surface area contributed by atoms with Crippen LogP contribution >= 0.6 is 0 Å². The molecule has 0 aliphatic heterocycles. The van der Waals surface area contributed by atoms with Gasteiger partial charge in [-0.2, -0.15) is 0 Å². The first kappa shape index (κ1) is 21.0. The maximum absolute atomic E-state index is 14.9. The molecule has 2 aliphatic carbocycles. The number of benzene rings is 2. The average molecular weight is 411 g/mol. The van der Waals surface area contributed by atoms with Crippen LogP contribution in [0.2, 0.25) is 0 Å². The lowest BCUT2D eigenvalue weighted by Gasteiger charge is -2.26. The number of halogens is 3. The van der Waals surface area contributed by atoms with Crippen LogP contribution in [0.3, 0.4) is 0 Å². The Labute approximate surface area is 177 Å². The Balaban J connectivity index is 1.55. The van der Waals surface area contributed by atoms with Gasteiger partial charge in [-0.05, 0) is 65.0 Å². The molecule has 0 amide bonds. The summed E-state index contributed by atoms with van der Waals surface area (Å²) in [6.07, 6.45) is 5.23. The number of allylic oxidation sites excluding steroid dienone is 4. The lowest BCUT2D eigenvalue weighted by Crippen LogP contribution is -2.23. The predicted molar refractivity (Wildman–Crippen MR) is 118 cm³/mol. The highest BCUT2D eigenvalue weighted by atomic mass is 19.2. The number of rotatable bonds is 4. The Kier molecular flexibility index (Phi) is 6.17. The minimum absolute atomic E-state index is 0.224. The van der Waals surface area contributed by atoms with Gasteiger partial charge in [0.1, 0.15) is 5.82 Å². The largest absolute Gasteiger partial charge is 0.239 e. The average Bonchev–Trinajstić information content (AvgIpc) is 2.76. The minimum atomic E-state index is -1.66. The van der Waals surface area contributed by atoms with Crippen LogP contribution in [0, 0.1) is 11.7 Å². The van der Waals surface area contributed by atoms with E-state index in [1.165, 1.54) is 12.8 Å². The summed E-state index contributed by atoms with van der Waals surface area (Å²) < 4.78 is 43.7. The molecule has 158 valence electrons. The summed E-state index contributed by atoms with van der Waals surface area (Å²) in [5.41, 5.74) is 3.83. The monoisotopic (exact) mass is 410 g/mol. The van der Waals surface area contributed by atoms with Crippen molar-refractivity contribution in [2.45, 2.75) is 64.2 Å². The van der Waals surface area contributed by atoms with Gasteiger partial charge in [0.15, 0.2) is 12.3 Å². The van der Waals surface area contributed by atoms with E-state index in [0.29, 0.717) is 34.6 Å². The van der Waals surface area contributed by atoms with Crippen molar-refractivity contribution in [1.82, 2.24) is 0 Å². The molecule has 0 bridgehead atoms. The fourth-order valence-electron chi connectivity index (χ4n) is 4.75. The summed E-state index contributed by atoms with van der Waals surface area (Å²) in [6.45, 7) is 4.11. The SMILES string of the molecule is CCC1=CC=C(c2ccc(-c3ccc(C4CCC(C)CC4)cc3F)cc2)C(F)C1F. The van der Waals surface area contributed by atoms with Gasteiger partial charge in [-0.1, -0.05) is 75.2 Å². The van der Waals surface area contributed by atoms with Crippen molar-refractivity contribution in [3.05, 3.63) is 77.1 Å². The highest BCUT2D eigenvalue weighted by Crippen LogP contribution is 2.38. The van der Waals surface area contributed by atoms with E-state index in [4.69, 9.17) is 0 Å². The molecule has 30 heavy (non-hydrogen) atoms. The Morgan fingerprint density at radius 1 is 0.833 bits per heavy atom. The van der Waals surface area contributed by atoms with Gasteiger partial charge in [-0.3, -0.25) is 0 Å². The summed E-state index contributed by atoms with van der Waals surface area (Å²) in [5, 5.41) is 0. The zero-order chi connectivity index (χ0) is 21.3. The topological polar surface area (TPSA) is 0 Å². The van der Waals surface area contributed by atoms with Gasteiger partial charge < -0.3 is 0 Å². The van der Waals surface area contributed by atoms with Crippen molar-refractivity contribution in [2.24, 2.45) is 5.92 Å². The highest BCUT2D eigenvalue weighted by molar-refractivity contribution is 5.75. The van der Waals surface area contributed by atoms with Crippen molar-refractivity contribution < 1.29 is 13.2 Å². The van der Waals surface area contributed by atoms with Gasteiger partial charge in [0.05, 0.1) is 0 Å². The third kappa shape index (κ3) is 4.12. The second-order valence-corrected chi connectivity index (χ2v) is 8.79. The molecule has 0 saturated heterocycles. The molecule has 0 spiro atoms. The Morgan fingerprint density at radius 2 is 1.50 bits per heavy atom. The summed E-state index contributed by atoms with van der Waals surface area (Å²) >= 11 is 0. The van der Waals surface area contributed by atoms with Gasteiger partial charge in [0.2, 0.25) is 0 Å². The normalized spacial score (nSPS) is 26.8. The van der Waals surface area contributed by atoms with Gasteiger partial charge in [-0.25, -0.2) is 13.2 Å². The molecule has 3 heteroatoms. The van der Waals surface area contributed by atoms with Gasteiger partial charge in [0.25, 0.3) is 0 Å². The minimum Gasteiger partial charge on any atom is -0.239 e. The second-order valence-electron chi connectivity index (χ2n) is 8.79. The number of alkyl halides is 2. The predicted octanol–water partition coefficient (Wildman–Crippen LogP) is 8.20. The molecule has 0 heterocycles. The molecule has 2 aromatic carbocycles. The molecule has 2 aliphatic rings. The molecular formula is C27H29F3. The van der Waals surface area contributed by atoms with E-state index in [2.05, 4.69) is 6.92 Å². The standard InChI is InChI=1S/C27H29F3/c1-3-18-12-15-24(27(30)26(18)29)21-10-8-20(9-11-21)23-14-13-22(16-25(23)28)19-6-4-17(2)5-7-19/h8-17,19,26-27H,3-7H2,1-2H3. The van der Waals surface area contributed by atoms with Crippen LogP contribution in [0.4, 0.5) is 13.2 Å². The summed E-state index contributed by atoms with van der Waals surface area (Å²) in [4.78, 5) is 0. The molecule has 4 rings (SSSR count). The summed E-state index contributed by atoms with van der Waals surface area (Å²) in [6, 6.07) is 12.6. The van der Waals surface area contributed by atoms with Crippen molar-refractivity contribution >= 4 is 5.57 Å². The number of hydrogen-bond donors (Lipinski definition) is 0. The van der Waals surface area contributed by atoms with E-state index in [1.807, 2.05) is 19.1 Å². The summed E-state index contributed by atoms with van der Waals surface area (Å²) in [7, 11) is 0. The first-order valence-electron chi connectivity index (χ1n) is 11.1. The van der Waals surface area contributed by atoms with E-state index in [1.54, 1.807) is 42.5 Å². The molecule has 2 unspecified atom stereocenters. The van der Waals surface area contributed by atoms with Crippen LogP contribution in [-0.4, -0.2) is 12.3 Å². The first-order valence-corrected chi connectivity index (χ1v) is 11.1. The maximum atomic E-state index is 14.9. The van der Waals surface area contributed by atoms with Crippen molar-refractivity contribution in [3.8, 4) is 11.1 Å². The second kappa shape index (κ2) is 8.83. The molecule has 0 radical (unpaired) electrons. The van der Waals surface area contributed by atoms with Crippen molar-refractivity contribution in [2.75, 3.05) is 0 Å². The molecule has 2 atom stereocenters. The van der Waals surface area contributed by atoms with Crippen LogP contribution < -0.4 is 0 Å². The number of hydrogen-bond acceptors (Lipinski definition) is 0. The van der Waals surface area contributed by atoms with Crippen LogP contribution in [-0.2, 0) is 0 Å². The van der Waals surface area contributed by atoms with Crippen LogP contribution in [0.15, 0.2) is 60.2 Å². The van der Waals surface area contributed by atoms with Crippen molar-refractivity contribution in [3.63, 3.8) is 0 Å².